The predicted octanol–water partition coefficient (Wildman–Crippen LogP) is 1.10. The summed E-state index contributed by atoms with van der Waals surface area (Å²) < 4.78 is 32.1. The van der Waals surface area contributed by atoms with Crippen LogP contribution in [0.4, 0.5) is 0 Å². The van der Waals surface area contributed by atoms with Gasteiger partial charge in [0.1, 0.15) is 5.76 Å². The summed E-state index contributed by atoms with van der Waals surface area (Å²) >= 11 is 0. The first kappa shape index (κ1) is 16.5. The number of nitrogens with one attached hydrogen (secondary N) is 1. The largest absolute Gasteiger partial charge is 0.447 e. The van der Waals surface area contributed by atoms with Crippen molar-refractivity contribution in [3.8, 4) is 0 Å². The zero-order chi connectivity index (χ0) is 15.5. The van der Waals surface area contributed by atoms with E-state index in [-0.39, 0.29) is 11.1 Å². The van der Waals surface area contributed by atoms with Gasteiger partial charge in [0.25, 0.3) is 10.0 Å². The third-order valence-electron chi connectivity index (χ3n) is 4.14. The number of nitrogens with zero attached hydrogens (tertiary/aromatic N) is 2. The van der Waals surface area contributed by atoms with Crippen LogP contribution < -0.4 is 5.32 Å². The summed E-state index contributed by atoms with van der Waals surface area (Å²) in [7, 11) is -0.0893. The molecule has 0 atom stereocenters. The molecule has 0 saturated carbocycles. The van der Waals surface area contributed by atoms with Crippen molar-refractivity contribution in [3.05, 3.63) is 17.9 Å². The van der Waals surface area contributed by atoms with E-state index in [1.165, 1.54) is 4.31 Å². The van der Waals surface area contributed by atoms with Crippen molar-refractivity contribution in [1.82, 2.24) is 14.5 Å². The molecule has 0 unspecified atom stereocenters. The van der Waals surface area contributed by atoms with Crippen molar-refractivity contribution in [2.24, 2.45) is 0 Å². The maximum atomic E-state index is 12.6. The second-order valence-electron chi connectivity index (χ2n) is 5.44. The lowest BCUT2D eigenvalue weighted by molar-refractivity contribution is 0.175. The van der Waals surface area contributed by atoms with Gasteiger partial charge in [-0.25, -0.2) is 8.42 Å². The molecule has 1 aliphatic heterocycles. The molecule has 0 amide bonds. The zero-order valence-corrected chi connectivity index (χ0v) is 13.8. The van der Waals surface area contributed by atoms with Gasteiger partial charge in [0.2, 0.25) is 5.09 Å². The minimum atomic E-state index is -3.54. The third-order valence-corrected chi connectivity index (χ3v) is 5.92. The molecule has 2 rings (SSSR count). The fourth-order valence-corrected chi connectivity index (χ4v) is 4.04. The molecule has 7 heteroatoms. The predicted molar refractivity (Wildman–Crippen MR) is 81.6 cm³/mol. The van der Waals surface area contributed by atoms with Gasteiger partial charge in [0.15, 0.2) is 0 Å². The van der Waals surface area contributed by atoms with Crippen molar-refractivity contribution in [2.45, 2.75) is 37.4 Å². The summed E-state index contributed by atoms with van der Waals surface area (Å²) in [6, 6.07) is 3.30. The fraction of sp³-hybridized carbons (Fsp3) is 0.714. The molecular formula is C14H25N3O3S. The molecule has 21 heavy (non-hydrogen) atoms. The average Bonchev–Trinajstić information content (AvgIpc) is 2.96. The van der Waals surface area contributed by atoms with Crippen molar-refractivity contribution >= 4 is 10.0 Å². The highest BCUT2D eigenvalue weighted by Crippen LogP contribution is 2.24. The molecular weight excluding hydrogens is 290 g/mol. The van der Waals surface area contributed by atoms with Gasteiger partial charge in [-0.1, -0.05) is 6.92 Å². The Balaban J connectivity index is 2.07. The van der Waals surface area contributed by atoms with Crippen LogP contribution in [-0.4, -0.2) is 57.4 Å². The molecule has 6 nitrogen and oxygen atoms in total. The quantitative estimate of drug-likeness (QED) is 0.852. The normalized spacial score (nSPS) is 18.5. The molecule has 0 bridgehead atoms. The van der Waals surface area contributed by atoms with Gasteiger partial charge in [0, 0.05) is 13.1 Å². The molecule has 1 fully saturated rings. The lowest BCUT2D eigenvalue weighted by atomic mass is 10.1. The Morgan fingerprint density at radius 1 is 1.38 bits per heavy atom. The lowest BCUT2D eigenvalue weighted by Crippen LogP contribution is -2.45. The Hall–Kier alpha value is -0.890. The first-order valence-corrected chi connectivity index (χ1v) is 8.86. The molecule has 1 saturated heterocycles. The van der Waals surface area contributed by atoms with E-state index in [0.29, 0.717) is 12.3 Å². The molecule has 0 radical (unpaired) electrons. The highest BCUT2D eigenvalue weighted by Gasteiger charge is 2.32. The Morgan fingerprint density at radius 2 is 2.05 bits per heavy atom. The second kappa shape index (κ2) is 6.91. The molecule has 1 aromatic rings. The monoisotopic (exact) mass is 315 g/mol. The highest BCUT2D eigenvalue weighted by atomic mass is 32.2. The van der Waals surface area contributed by atoms with Crippen LogP contribution in [0.15, 0.2) is 21.6 Å². The van der Waals surface area contributed by atoms with Gasteiger partial charge in [0.05, 0.1) is 6.54 Å². The van der Waals surface area contributed by atoms with Gasteiger partial charge < -0.3 is 14.6 Å². The second-order valence-corrected chi connectivity index (χ2v) is 7.37. The van der Waals surface area contributed by atoms with Crippen LogP contribution in [0.5, 0.6) is 0 Å². The van der Waals surface area contributed by atoms with E-state index < -0.39 is 10.0 Å². The Labute approximate surface area is 127 Å². The van der Waals surface area contributed by atoms with Crippen LogP contribution in [0, 0.1) is 0 Å². The first-order valence-electron chi connectivity index (χ1n) is 7.42. The van der Waals surface area contributed by atoms with Crippen molar-refractivity contribution in [3.63, 3.8) is 0 Å². The number of hydrogen-bond acceptors (Lipinski definition) is 5. The maximum absolute atomic E-state index is 12.6. The summed E-state index contributed by atoms with van der Waals surface area (Å²) in [6.45, 7) is 5.57. The van der Waals surface area contributed by atoms with E-state index >= 15 is 0 Å². The topological polar surface area (TPSA) is 65.8 Å². The average molecular weight is 315 g/mol. The highest BCUT2D eigenvalue weighted by molar-refractivity contribution is 7.89. The Bertz CT molecular complexity index is 548. The third kappa shape index (κ3) is 3.66. The number of sulfonamides is 1. The first-order chi connectivity index (χ1) is 9.98. The van der Waals surface area contributed by atoms with Crippen LogP contribution in [0.3, 0.4) is 0 Å². The molecule has 1 aromatic heterocycles. The van der Waals surface area contributed by atoms with Crippen LogP contribution in [0.1, 0.15) is 25.5 Å². The Kier molecular flexibility index (Phi) is 5.43. The minimum absolute atomic E-state index is 0.0353. The van der Waals surface area contributed by atoms with Gasteiger partial charge >= 0.3 is 0 Å². The molecule has 0 aliphatic carbocycles. The molecule has 2 heterocycles. The summed E-state index contributed by atoms with van der Waals surface area (Å²) in [5.41, 5.74) is 0. The molecule has 0 aromatic carbocycles. The molecule has 1 N–H and O–H groups in total. The van der Waals surface area contributed by atoms with E-state index in [4.69, 9.17) is 4.42 Å². The van der Waals surface area contributed by atoms with Gasteiger partial charge in [-0.2, -0.15) is 4.31 Å². The summed E-state index contributed by atoms with van der Waals surface area (Å²) in [4.78, 5) is 2.34. The van der Waals surface area contributed by atoms with Crippen LogP contribution in [0.2, 0.25) is 0 Å². The van der Waals surface area contributed by atoms with E-state index in [1.54, 1.807) is 26.2 Å². The van der Waals surface area contributed by atoms with Crippen LogP contribution in [0.25, 0.3) is 0 Å². The van der Waals surface area contributed by atoms with E-state index in [2.05, 4.69) is 17.1 Å². The van der Waals surface area contributed by atoms with Gasteiger partial charge in [-0.15, -0.1) is 0 Å². The molecule has 0 spiro atoms. The number of rotatable bonds is 6. The minimum Gasteiger partial charge on any atom is -0.447 e. The number of hydrogen-bond donors (Lipinski definition) is 1. The smallest absolute Gasteiger partial charge is 0.276 e. The van der Waals surface area contributed by atoms with Crippen molar-refractivity contribution in [1.29, 1.82) is 0 Å². The van der Waals surface area contributed by atoms with Gasteiger partial charge in [-0.3, -0.25) is 0 Å². The summed E-state index contributed by atoms with van der Waals surface area (Å²) in [6.07, 6.45) is 1.74. The zero-order valence-electron chi connectivity index (χ0n) is 13.0. The van der Waals surface area contributed by atoms with E-state index in [0.717, 1.165) is 32.5 Å². The number of piperidine rings is 1. The number of furan rings is 1. The van der Waals surface area contributed by atoms with Gasteiger partial charge in [-0.05, 0) is 51.7 Å². The van der Waals surface area contributed by atoms with Crippen molar-refractivity contribution in [2.75, 3.05) is 33.7 Å². The number of likely N-dealkylation sites (tertiary alicyclic amines) is 1. The fourth-order valence-electron chi connectivity index (χ4n) is 2.70. The van der Waals surface area contributed by atoms with Crippen LogP contribution in [-0.2, 0) is 16.6 Å². The van der Waals surface area contributed by atoms with E-state index in [1.807, 2.05) is 0 Å². The summed E-state index contributed by atoms with van der Waals surface area (Å²) in [5.74, 6) is 0.630. The maximum Gasteiger partial charge on any atom is 0.276 e. The molecule has 1 aliphatic rings. The SMILES string of the molecule is CCN1CCC(N(C)S(=O)(=O)c2ccc(CNC)o2)CC1. The van der Waals surface area contributed by atoms with Crippen molar-refractivity contribution < 1.29 is 12.8 Å². The molecule has 120 valence electrons. The lowest BCUT2D eigenvalue weighted by Gasteiger charge is -2.35. The summed E-state index contributed by atoms with van der Waals surface area (Å²) in [5, 5.41) is 2.98. The standard InChI is InChI=1S/C14H25N3O3S/c1-4-17-9-7-12(8-10-17)16(3)21(18,19)14-6-5-13(20-14)11-15-2/h5-6,12,15H,4,7-11H2,1-3H3. The Morgan fingerprint density at radius 3 is 2.62 bits per heavy atom. The van der Waals surface area contributed by atoms with E-state index in [9.17, 15) is 8.42 Å². The van der Waals surface area contributed by atoms with Crippen LogP contribution >= 0.6 is 0 Å².